The van der Waals surface area contributed by atoms with Gasteiger partial charge in [-0.2, -0.15) is 0 Å². The van der Waals surface area contributed by atoms with Gasteiger partial charge in [-0.3, -0.25) is 13.9 Å². The summed E-state index contributed by atoms with van der Waals surface area (Å²) in [7, 11) is -4.25. The molecule has 48 heavy (non-hydrogen) atoms. The lowest BCUT2D eigenvalue weighted by atomic mass is 9.94. The minimum absolute atomic E-state index is 0.00415. The summed E-state index contributed by atoms with van der Waals surface area (Å²) in [6.07, 6.45) is 5.10. The highest BCUT2D eigenvalue weighted by molar-refractivity contribution is 7.92. The molecule has 0 radical (unpaired) electrons. The van der Waals surface area contributed by atoms with Gasteiger partial charge in [0.2, 0.25) is 11.8 Å². The van der Waals surface area contributed by atoms with E-state index in [1.807, 2.05) is 30.3 Å². The van der Waals surface area contributed by atoms with E-state index in [1.165, 1.54) is 17.0 Å². The Morgan fingerprint density at radius 3 is 2.12 bits per heavy atom. The lowest BCUT2D eigenvalue weighted by Crippen LogP contribution is -2.55. The molecule has 2 amide bonds. The lowest BCUT2D eigenvalue weighted by molar-refractivity contribution is -0.140. The van der Waals surface area contributed by atoms with E-state index in [-0.39, 0.29) is 35.5 Å². The van der Waals surface area contributed by atoms with Gasteiger partial charge in [-0.1, -0.05) is 115 Å². The molecule has 0 aliphatic heterocycles. The van der Waals surface area contributed by atoms with Crippen LogP contribution in [0.15, 0.2) is 102 Å². The minimum atomic E-state index is -4.25. The summed E-state index contributed by atoms with van der Waals surface area (Å²) in [4.78, 5) is 30.5. The molecule has 0 aromatic heterocycles. The van der Waals surface area contributed by atoms with Crippen LogP contribution in [0.25, 0.3) is 0 Å². The van der Waals surface area contributed by atoms with Crippen molar-refractivity contribution < 1.29 is 18.0 Å². The van der Waals surface area contributed by atoms with Gasteiger partial charge in [0.1, 0.15) is 12.6 Å². The van der Waals surface area contributed by atoms with Crippen molar-refractivity contribution in [1.29, 1.82) is 0 Å². The first-order chi connectivity index (χ1) is 23.0. The van der Waals surface area contributed by atoms with Crippen LogP contribution in [0.5, 0.6) is 0 Å². The van der Waals surface area contributed by atoms with Crippen LogP contribution < -0.4 is 9.62 Å². The van der Waals surface area contributed by atoms with Gasteiger partial charge in [-0.05, 0) is 72.9 Å². The van der Waals surface area contributed by atoms with E-state index in [4.69, 9.17) is 34.8 Å². The molecule has 7 nitrogen and oxygen atoms in total. The monoisotopic (exact) mass is 725 g/mol. The highest BCUT2D eigenvalue weighted by Crippen LogP contribution is 2.32. The average molecular weight is 727 g/mol. The number of nitrogens with zero attached hydrogens (tertiary/aromatic N) is 2. The van der Waals surface area contributed by atoms with Crippen molar-refractivity contribution in [1.82, 2.24) is 10.2 Å². The zero-order valence-electron chi connectivity index (χ0n) is 26.6. The fourth-order valence-corrected chi connectivity index (χ4v) is 8.02. The maximum Gasteiger partial charge on any atom is 0.264 e. The van der Waals surface area contributed by atoms with Crippen molar-refractivity contribution in [2.75, 3.05) is 10.8 Å². The van der Waals surface area contributed by atoms with Crippen LogP contribution in [0, 0.1) is 6.92 Å². The van der Waals surface area contributed by atoms with E-state index in [0.29, 0.717) is 26.2 Å². The third kappa shape index (κ3) is 8.72. The van der Waals surface area contributed by atoms with Crippen LogP contribution >= 0.6 is 34.8 Å². The number of rotatable bonds is 12. The summed E-state index contributed by atoms with van der Waals surface area (Å²) in [5.41, 5.74) is 2.25. The van der Waals surface area contributed by atoms with Gasteiger partial charge < -0.3 is 10.2 Å². The molecule has 1 atom stereocenters. The molecule has 11 heteroatoms. The Morgan fingerprint density at radius 2 is 1.46 bits per heavy atom. The lowest BCUT2D eigenvalue weighted by Gasteiger charge is -2.35. The van der Waals surface area contributed by atoms with E-state index < -0.39 is 28.5 Å². The highest BCUT2D eigenvalue weighted by atomic mass is 35.5. The molecule has 0 bridgehead atoms. The molecule has 1 fully saturated rings. The van der Waals surface area contributed by atoms with Gasteiger partial charge in [0.25, 0.3) is 10.0 Å². The molecule has 0 spiro atoms. The number of hydrogen-bond acceptors (Lipinski definition) is 4. The quantitative estimate of drug-likeness (QED) is 0.159. The smallest absolute Gasteiger partial charge is 0.264 e. The minimum Gasteiger partial charge on any atom is -0.352 e. The first kappa shape index (κ1) is 35.7. The average Bonchev–Trinajstić information content (AvgIpc) is 3.09. The molecule has 4 aromatic carbocycles. The van der Waals surface area contributed by atoms with E-state index in [2.05, 4.69) is 5.32 Å². The van der Waals surface area contributed by atoms with Gasteiger partial charge in [-0.15, -0.1) is 0 Å². The summed E-state index contributed by atoms with van der Waals surface area (Å²) >= 11 is 19.1. The number of amides is 2. The highest BCUT2D eigenvalue weighted by Gasteiger charge is 2.36. The summed E-state index contributed by atoms with van der Waals surface area (Å²) in [6, 6.07) is 26.4. The van der Waals surface area contributed by atoms with Crippen molar-refractivity contribution in [3.8, 4) is 0 Å². The predicted octanol–water partition coefficient (Wildman–Crippen LogP) is 8.24. The molecule has 1 N–H and O–H groups in total. The second-order valence-corrected chi connectivity index (χ2v) is 15.1. The molecular formula is C37H38Cl3N3O4S. The second-order valence-electron chi connectivity index (χ2n) is 12.0. The number of halogens is 3. The number of carbonyl (C=O) groups excluding carboxylic acids is 2. The molecule has 5 rings (SSSR count). The number of nitrogens with one attached hydrogen (secondary N) is 1. The maximum absolute atomic E-state index is 14.7. The molecule has 1 saturated carbocycles. The van der Waals surface area contributed by atoms with Crippen molar-refractivity contribution in [3.05, 3.63) is 129 Å². The molecule has 4 aromatic rings. The molecule has 1 aliphatic carbocycles. The molecule has 252 valence electrons. The first-order valence-corrected chi connectivity index (χ1v) is 18.5. The molecule has 0 saturated heterocycles. The normalized spacial score (nSPS) is 14.2. The fourth-order valence-electron chi connectivity index (χ4n) is 6.03. The van der Waals surface area contributed by atoms with Crippen molar-refractivity contribution in [2.24, 2.45) is 0 Å². The largest absolute Gasteiger partial charge is 0.352 e. The number of hydrogen-bond donors (Lipinski definition) is 1. The maximum atomic E-state index is 14.7. The standard InChI is InChI=1S/C37H38Cl3N3O4S/c1-26-31(38)18-11-19-34(26)43(48(46,47)30-16-9-4-10-17-30)25-36(44)42(24-28-20-21-32(39)33(40)22-28)35(23-27-12-5-2-6-13-27)37(45)41-29-14-7-3-8-15-29/h2,4-6,9-13,16-22,29,35H,3,7-8,14-15,23-25H2,1H3,(H,41,45)/t35-/m0/s1. The van der Waals surface area contributed by atoms with Crippen LogP contribution in [0.4, 0.5) is 5.69 Å². The molecule has 0 heterocycles. The number of benzene rings is 4. The third-order valence-electron chi connectivity index (χ3n) is 8.68. The SMILES string of the molecule is Cc1c(Cl)cccc1N(CC(=O)N(Cc1ccc(Cl)c(Cl)c1)[C@@H](Cc1ccccc1)C(=O)NC1CCCCC1)S(=O)(=O)c1ccccc1. The van der Waals surface area contributed by atoms with Gasteiger partial charge in [0.15, 0.2) is 0 Å². The third-order valence-corrected chi connectivity index (χ3v) is 11.6. The summed E-state index contributed by atoms with van der Waals surface area (Å²) in [5.74, 6) is -0.866. The molecular weight excluding hydrogens is 689 g/mol. The topological polar surface area (TPSA) is 86.8 Å². The Hall–Kier alpha value is -3.56. The summed E-state index contributed by atoms with van der Waals surface area (Å²) < 4.78 is 29.6. The van der Waals surface area contributed by atoms with E-state index >= 15 is 0 Å². The molecule has 0 unspecified atom stereocenters. The van der Waals surface area contributed by atoms with Crippen LogP contribution in [-0.4, -0.2) is 43.8 Å². The predicted molar refractivity (Wildman–Crippen MR) is 193 cm³/mol. The number of anilines is 1. The van der Waals surface area contributed by atoms with Gasteiger partial charge in [0, 0.05) is 24.0 Å². The van der Waals surface area contributed by atoms with Crippen molar-refractivity contribution in [2.45, 2.75) is 69.0 Å². The van der Waals surface area contributed by atoms with Crippen LogP contribution in [0.2, 0.25) is 15.1 Å². The molecule has 1 aliphatic rings. The number of sulfonamides is 1. The zero-order valence-corrected chi connectivity index (χ0v) is 29.7. The van der Waals surface area contributed by atoms with E-state index in [9.17, 15) is 18.0 Å². The van der Waals surface area contributed by atoms with E-state index in [0.717, 1.165) is 42.0 Å². The Balaban J connectivity index is 1.59. The Bertz CT molecular complexity index is 1840. The van der Waals surface area contributed by atoms with E-state index in [1.54, 1.807) is 61.5 Å². The van der Waals surface area contributed by atoms with Crippen molar-refractivity contribution in [3.63, 3.8) is 0 Å². The van der Waals surface area contributed by atoms with Gasteiger partial charge in [0.05, 0.1) is 20.6 Å². The Morgan fingerprint density at radius 1 is 0.792 bits per heavy atom. The first-order valence-electron chi connectivity index (χ1n) is 15.9. The fraction of sp³-hybridized carbons (Fsp3) is 0.297. The Kier molecular flexibility index (Phi) is 12.1. The summed E-state index contributed by atoms with van der Waals surface area (Å²) in [6.45, 7) is 1.11. The van der Waals surface area contributed by atoms with Crippen molar-refractivity contribution >= 4 is 62.3 Å². The summed E-state index contributed by atoms with van der Waals surface area (Å²) in [5, 5.41) is 4.22. The van der Waals surface area contributed by atoms with Gasteiger partial charge in [-0.25, -0.2) is 8.42 Å². The second kappa shape index (κ2) is 16.2. The van der Waals surface area contributed by atoms with Crippen LogP contribution in [0.3, 0.4) is 0 Å². The van der Waals surface area contributed by atoms with Gasteiger partial charge >= 0.3 is 0 Å². The Labute approximate surface area is 297 Å². The zero-order chi connectivity index (χ0) is 34.3. The number of carbonyl (C=O) groups is 2. The van der Waals surface area contributed by atoms with Crippen LogP contribution in [-0.2, 0) is 32.6 Å². The van der Waals surface area contributed by atoms with Crippen LogP contribution in [0.1, 0.15) is 48.8 Å².